The summed E-state index contributed by atoms with van der Waals surface area (Å²) in [5, 5.41) is 8.64. The van der Waals surface area contributed by atoms with Crippen molar-refractivity contribution in [2.75, 3.05) is 6.61 Å². The fraction of sp³-hybridized carbons (Fsp3) is 0.895. The Bertz CT molecular complexity index is 124. The number of rotatable bonds is 14. The van der Waals surface area contributed by atoms with Crippen LogP contribution in [0.3, 0.4) is 0 Å². The molecule has 3 N–H and O–H groups in total. The molecule has 21 heavy (non-hydrogen) atoms. The van der Waals surface area contributed by atoms with Crippen LogP contribution in [0.2, 0.25) is 0 Å². The molecule has 2 nitrogen and oxygen atoms in total. The highest BCUT2D eigenvalue weighted by molar-refractivity contribution is 4.48. The predicted octanol–water partition coefficient (Wildman–Crippen LogP) is 6.07. The van der Waals surface area contributed by atoms with E-state index >= 15 is 0 Å². The highest BCUT2D eigenvalue weighted by Gasteiger charge is 1.93. The van der Waals surface area contributed by atoms with Crippen LogP contribution in [0.4, 0.5) is 0 Å². The first kappa shape index (κ1) is 28.8. The van der Waals surface area contributed by atoms with Gasteiger partial charge in [-0.1, -0.05) is 97.8 Å². The van der Waals surface area contributed by atoms with Gasteiger partial charge in [0, 0.05) is 6.61 Å². The monoisotopic (exact) mass is 304 g/mol. The first-order valence-corrected chi connectivity index (χ1v) is 8.52. The molecule has 132 valence electrons. The fourth-order valence-corrected chi connectivity index (χ4v) is 2.31. The number of hydrogen-bond donors (Lipinski definition) is 1. The molecule has 0 amide bonds. The summed E-state index contributed by atoms with van der Waals surface area (Å²) in [4.78, 5) is 0. The molecule has 0 bridgehead atoms. The molecule has 0 aromatic carbocycles. The summed E-state index contributed by atoms with van der Waals surface area (Å²) in [7, 11) is 0. The molecule has 0 heterocycles. The van der Waals surface area contributed by atoms with E-state index in [2.05, 4.69) is 20.1 Å². The summed E-state index contributed by atoms with van der Waals surface area (Å²) in [6, 6.07) is 0. The lowest BCUT2D eigenvalue weighted by molar-refractivity contribution is 0.282. The molecular weight excluding hydrogens is 260 g/mol. The van der Waals surface area contributed by atoms with E-state index < -0.39 is 0 Å². The van der Waals surface area contributed by atoms with Crippen molar-refractivity contribution in [3.05, 3.63) is 13.2 Å². The lowest BCUT2D eigenvalue weighted by Gasteiger charge is -2.02. The van der Waals surface area contributed by atoms with E-state index in [4.69, 9.17) is 5.11 Å². The second-order valence-electron chi connectivity index (χ2n) is 5.32. The van der Waals surface area contributed by atoms with E-state index in [0.29, 0.717) is 6.61 Å². The maximum atomic E-state index is 8.64. The average Bonchev–Trinajstić information content (AvgIpc) is 2.46. The van der Waals surface area contributed by atoms with Gasteiger partial charge in [0.15, 0.2) is 0 Å². The third-order valence-corrected chi connectivity index (χ3v) is 3.51. The van der Waals surface area contributed by atoms with Crippen molar-refractivity contribution in [2.24, 2.45) is 0 Å². The molecular formula is C19H44O2. The van der Waals surface area contributed by atoms with E-state index in [1.165, 1.54) is 83.5 Å². The molecule has 0 saturated heterocycles. The van der Waals surface area contributed by atoms with Crippen LogP contribution in [0.1, 0.15) is 104 Å². The highest BCUT2D eigenvalue weighted by Crippen LogP contribution is 2.12. The lowest BCUT2D eigenvalue weighted by atomic mass is 10.0. The van der Waals surface area contributed by atoms with Crippen molar-refractivity contribution in [1.82, 2.24) is 0 Å². The van der Waals surface area contributed by atoms with Crippen molar-refractivity contribution in [1.29, 1.82) is 0 Å². The molecule has 0 radical (unpaired) electrons. The summed E-state index contributed by atoms with van der Waals surface area (Å²) in [6.45, 7) is 8.65. The van der Waals surface area contributed by atoms with Gasteiger partial charge in [-0.3, -0.25) is 0 Å². The molecule has 0 aliphatic rings. The van der Waals surface area contributed by atoms with Gasteiger partial charge >= 0.3 is 0 Å². The molecule has 0 atom stereocenters. The van der Waals surface area contributed by atoms with Crippen LogP contribution in [-0.4, -0.2) is 17.2 Å². The summed E-state index contributed by atoms with van der Waals surface area (Å²) in [6.07, 6.45) is 19.2. The molecule has 0 spiro atoms. The summed E-state index contributed by atoms with van der Waals surface area (Å²) in [5.41, 5.74) is 0. The zero-order valence-corrected chi connectivity index (χ0v) is 14.0. The Morgan fingerprint density at radius 3 is 1.05 bits per heavy atom. The number of hydrogen-bond acceptors (Lipinski definition) is 1. The van der Waals surface area contributed by atoms with Gasteiger partial charge in [0.25, 0.3) is 0 Å². The van der Waals surface area contributed by atoms with Gasteiger partial charge in [0.2, 0.25) is 0 Å². The van der Waals surface area contributed by atoms with Crippen LogP contribution in [0.25, 0.3) is 0 Å². The smallest absolute Gasteiger partial charge is 0.0431 e. The van der Waals surface area contributed by atoms with Crippen LogP contribution in [-0.2, 0) is 0 Å². The van der Waals surface area contributed by atoms with Gasteiger partial charge in [-0.25, -0.2) is 0 Å². The predicted molar refractivity (Wildman–Crippen MR) is 99.0 cm³/mol. The lowest BCUT2D eigenvalue weighted by Crippen LogP contribution is -1.84. The summed E-state index contributed by atoms with van der Waals surface area (Å²) >= 11 is 0. The third kappa shape index (κ3) is 32.9. The van der Waals surface area contributed by atoms with Gasteiger partial charge in [-0.2, -0.15) is 0 Å². The maximum absolute atomic E-state index is 8.64. The summed E-state index contributed by atoms with van der Waals surface area (Å²) < 4.78 is 0. The standard InChI is InChI=1S/C16H34O.C2H4.CH4.H2O/c1-2-3-4-5-6-7-8-9-10-11-12-13-14-15-16-17;1-2;;/h17H,2-16H2,1H3;1-2H2;1H4;1H2. The van der Waals surface area contributed by atoms with E-state index in [1.54, 1.807) is 0 Å². The number of unbranched alkanes of at least 4 members (excludes halogenated alkanes) is 13. The minimum Gasteiger partial charge on any atom is -0.412 e. The van der Waals surface area contributed by atoms with E-state index in [0.717, 1.165) is 6.42 Å². The molecule has 0 aromatic rings. The number of aliphatic hydroxyl groups excluding tert-OH is 1. The summed E-state index contributed by atoms with van der Waals surface area (Å²) in [5.74, 6) is 0. The Labute approximate surface area is 135 Å². The zero-order chi connectivity index (χ0) is 14.6. The van der Waals surface area contributed by atoms with Gasteiger partial charge in [-0.05, 0) is 6.42 Å². The molecule has 0 fully saturated rings. The molecule has 2 heteroatoms. The minimum absolute atomic E-state index is 0. The second-order valence-corrected chi connectivity index (χ2v) is 5.32. The van der Waals surface area contributed by atoms with Crippen molar-refractivity contribution in [2.45, 2.75) is 104 Å². The van der Waals surface area contributed by atoms with Gasteiger partial charge in [0.05, 0.1) is 0 Å². The first-order chi connectivity index (χ1) is 9.41. The van der Waals surface area contributed by atoms with E-state index in [1.807, 2.05) is 0 Å². The van der Waals surface area contributed by atoms with Crippen molar-refractivity contribution in [3.63, 3.8) is 0 Å². The number of aliphatic hydroxyl groups is 1. The molecule has 0 saturated carbocycles. The zero-order valence-electron chi connectivity index (χ0n) is 14.0. The second kappa shape index (κ2) is 31.9. The molecule has 0 aliphatic heterocycles. The Morgan fingerprint density at radius 1 is 0.571 bits per heavy atom. The van der Waals surface area contributed by atoms with Gasteiger partial charge < -0.3 is 10.6 Å². The molecule has 0 rings (SSSR count). The topological polar surface area (TPSA) is 51.7 Å². The fourth-order valence-electron chi connectivity index (χ4n) is 2.31. The van der Waals surface area contributed by atoms with Crippen molar-refractivity contribution < 1.29 is 10.6 Å². The highest BCUT2D eigenvalue weighted by atomic mass is 16.2. The van der Waals surface area contributed by atoms with Gasteiger partial charge in [0.1, 0.15) is 0 Å². The Morgan fingerprint density at radius 2 is 0.810 bits per heavy atom. The normalized spacial score (nSPS) is 9.05. The molecule has 0 unspecified atom stereocenters. The first-order valence-electron chi connectivity index (χ1n) is 8.52. The van der Waals surface area contributed by atoms with Crippen LogP contribution < -0.4 is 0 Å². The SMILES string of the molecule is C.C=C.CCCCCCCCCCCCCCCCO.O. The van der Waals surface area contributed by atoms with Crippen LogP contribution in [0.15, 0.2) is 13.2 Å². The maximum Gasteiger partial charge on any atom is 0.0431 e. The minimum atomic E-state index is 0. The Balaban J connectivity index is -0.000000344. The van der Waals surface area contributed by atoms with Crippen molar-refractivity contribution in [3.8, 4) is 0 Å². The van der Waals surface area contributed by atoms with E-state index in [-0.39, 0.29) is 12.9 Å². The van der Waals surface area contributed by atoms with Crippen LogP contribution in [0, 0.1) is 0 Å². The van der Waals surface area contributed by atoms with Crippen molar-refractivity contribution >= 4 is 0 Å². The third-order valence-electron chi connectivity index (χ3n) is 3.51. The Hall–Kier alpha value is -0.340. The largest absolute Gasteiger partial charge is 0.412 e. The molecule has 0 aromatic heterocycles. The quantitative estimate of drug-likeness (QED) is 0.307. The van der Waals surface area contributed by atoms with Gasteiger partial charge in [-0.15, -0.1) is 13.2 Å². The van der Waals surface area contributed by atoms with Crippen LogP contribution >= 0.6 is 0 Å². The van der Waals surface area contributed by atoms with Crippen LogP contribution in [0.5, 0.6) is 0 Å². The molecule has 0 aliphatic carbocycles. The average molecular weight is 305 g/mol. The van der Waals surface area contributed by atoms with E-state index in [9.17, 15) is 0 Å². The Kier molecular flexibility index (Phi) is 43.6.